The van der Waals surface area contributed by atoms with Crippen LogP contribution >= 0.6 is 11.6 Å². The highest BCUT2D eigenvalue weighted by atomic mass is 35.5. The molecule has 0 fully saturated rings. The average molecular weight is 395 g/mol. The van der Waals surface area contributed by atoms with Crippen molar-refractivity contribution in [2.75, 3.05) is 7.05 Å². The highest BCUT2D eigenvalue weighted by Gasteiger charge is 2.29. The van der Waals surface area contributed by atoms with Gasteiger partial charge >= 0.3 is 6.09 Å². The maximum atomic E-state index is 12.4. The minimum Gasteiger partial charge on any atom is -0.443 e. The third-order valence-corrected chi connectivity index (χ3v) is 4.06. The van der Waals surface area contributed by atoms with Gasteiger partial charge in [-0.15, -0.1) is 5.54 Å². The number of carbonyl (C=O) groups excluding carboxylic acids is 1. The Hall–Kier alpha value is -2.04. The normalized spacial score (nSPS) is 16.7. The number of rotatable bonds is 2. The van der Waals surface area contributed by atoms with Crippen molar-refractivity contribution in [3.8, 4) is 11.5 Å². The molecule has 1 aliphatic heterocycles. The van der Waals surface area contributed by atoms with Crippen LogP contribution in [0.1, 0.15) is 27.7 Å². The molecule has 0 spiro atoms. The molecule has 0 saturated carbocycles. The van der Waals surface area contributed by atoms with Crippen LogP contribution in [0, 0.1) is 11.5 Å². The molecule has 0 atom stereocenters. The smallest absolute Gasteiger partial charge is 0.415 e. The summed E-state index contributed by atoms with van der Waals surface area (Å²) in [7, 11) is 0.0208. The maximum Gasteiger partial charge on any atom is 0.415 e. The summed E-state index contributed by atoms with van der Waals surface area (Å²) in [5, 5.41) is 5.65. The van der Waals surface area contributed by atoms with Crippen molar-refractivity contribution in [1.82, 2.24) is 9.91 Å². The highest BCUT2D eigenvalue weighted by molar-refractivity contribution is 6.83. The molecule has 0 aliphatic carbocycles. The highest BCUT2D eigenvalue weighted by Crippen LogP contribution is 2.27. The summed E-state index contributed by atoms with van der Waals surface area (Å²) in [6.45, 7) is 17.3. The second-order valence-corrected chi connectivity index (χ2v) is 13.0. The van der Waals surface area contributed by atoms with Crippen molar-refractivity contribution in [2.45, 2.75) is 52.9 Å². The standard InChI is InChI=1S/C18H27ClN4O2Si/c1-13(10-11-26(7,8)9)16-21-14(19)12-15(23(16)20-5)22(6)17(24)25-18(2,3)4/h12H,5H2,1-4,6-9H3/b16-13+. The second-order valence-electron chi connectivity index (χ2n) is 7.88. The fourth-order valence-electron chi connectivity index (χ4n) is 1.84. The first-order valence-electron chi connectivity index (χ1n) is 8.18. The SMILES string of the molecule is C=NN1C(N(C)C(=O)OC(C)(C)C)=CC(Cl)=N/C1=C(/C)C#C[Si](C)(C)C. The molecular weight excluding hydrogens is 368 g/mol. The van der Waals surface area contributed by atoms with Crippen LogP contribution in [0.5, 0.6) is 0 Å². The molecule has 1 amide bonds. The number of amides is 1. The fraction of sp³-hybridized carbons (Fsp3) is 0.500. The van der Waals surface area contributed by atoms with Crippen molar-refractivity contribution in [3.63, 3.8) is 0 Å². The maximum absolute atomic E-state index is 12.4. The summed E-state index contributed by atoms with van der Waals surface area (Å²) in [4.78, 5) is 18.0. The van der Waals surface area contributed by atoms with Crippen LogP contribution in [0.3, 0.4) is 0 Å². The summed E-state index contributed by atoms with van der Waals surface area (Å²) >= 11 is 6.18. The molecule has 26 heavy (non-hydrogen) atoms. The molecule has 1 heterocycles. The molecule has 0 radical (unpaired) electrons. The molecule has 6 nitrogen and oxygen atoms in total. The van der Waals surface area contributed by atoms with Gasteiger partial charge in [0.25, 0.3) is 0 Å². The number of hydrazone groups is 1. The Balaban J connectivity index is 3.31. The van der Waals surface area contributed by atoms with Crippen molar-refractivity contribution in [1.29, 1.82) is 0 Å². The van der Waals surface area contributed by atoms with Crippen molar-refractivity contribution in [3.05, 3.63) is 23.3 Å². The minimum absolute atomic E-state index is 0.222. The van der Waals surface area contributed by atoms with Gasteiger partial charge in [-0.25, -0.2) is 9.79 Å². The van der Waals surface area contributed by atoms with Gasteiger partial charge in [0, 0.05) is 25.4 Å². The van der Waals surface area contributed by atoms with E-state index in [1.54, 1.807) is 27.8 Å². The molecule has 0 N–H and O–H groups in total. The Morgan fingerprint density at radius 1 is 1.42 bits per heavy atom. The first-order chi connectivity index (χ1) is 11.7. The number of ether oxygens (including phenoxy) is 1. The number of hydrogen-bond donors (Lipinski definition) is 0. The largest absolute Gasteiger partial charge is 0.443 e. The number of nitrogens with zero attached hydrogens (tertiary/aromatic N) is 4. The summed E-state index contributed by atoms with van der Waals surface area (Å²) in [6.07, 6.45) is 0.997. The van der Waals surface area contributed by atoms with E-state index in [1.165, 1.54) is 16.0 Å². The Bertz CT molecular complexity index is 746. The molecular formula is C18H27ClN4O2Si. The van der Waals surface area contributed by atoms with Gasteiger partial charge in [-0.1, -0.05) is 37.2 Å². The molecule has 0 saturated heterocycles. The van der Waals surface area contributed by atoms with E-state index in [-0.39, 0.29) is 5.17 Å². The zero-order valence-corrected chi connectivity index (χ0v) is 18.5. The lowest BCUT2D eigenvalue weighted by Crippen LogP contribution is -2.39. The number of carbonyl (C=O) groups is 1. The first-order valence-corrected chi connectivity index (χ1v) is 12.1. The van der Waals surface area contributed by atoms with Crippen molar-refractivity contribution in [2.24, 2.45) is 10.1 Å². The Morgan fingerprint density at radius 3 is 2.46 bits per heavy atom. The molecule has 1 aliphatic rings. The first kappa shape index (κ1) is 22.0. The monoisotopic (exact) mass is 394 g/mol. The summed E-state index contributed by atoms with van der Waals surface area (Å²) in [6, 6.07) is 0. The van der Waals surface area contributed by atoms with Crippen LogP contribution in [0.15, 0.2) is 33.4 Å². The van der Waals surface area contributed by atoms with E-state index in [4.69, 9.17) is 16.3 Å². The van der Waals surface area contributed by atoms with Crippen molar-refractivity contribution < 1.29 is 9.53 Å². The zero-order chi connectivity index (χ0) is 20.3. The van der Waals surface area contributed by atoms with Crippen LogP contribution in [-0.4, -0.2) is 48.6 Å². The molecule has 0 aromatic carbocycles. The second kappa shape index (κ2) is 8.10. The summed E-state index contributed by atoms with van der Waals surface area (Å²) in [5.41, 5.74) is 3.35. The Morgan fingerprint density at radius 2 is 2.00 bits per heavy atom. The number of allylic oxidation sites excluding steroid dienone is 2. The predicted molar refractivity (Wildman–Crippen MR) is 111 cm³/mol. The van der Waals surface area contributed by atoms with E-state index in [0.29, 0.717) is 17.2 Å². The minimum atomic E-state index is -1.56. The zero-order valence-electron chi connectivity index (χ0n) is 16.8. The number of hydrogen-bond acceptors (Lipinski definition) is 5. The van der Waals surface area contributed by atoms with Gasteiger partial charge in [0.2, 0.25) is 0 Å². The van der Waals surface area contributed by atoms with E-state index >= 15 is 0 Å². The third kappa shape index (κ3) is 6.35. The van der Waals surface area contributed by atoms with Crippen LogP contribution < -0.4 is 0 Å². The molecule has 0 aromatic rings. The lowest BCUT2D eigenvalue weighted by molar-refractivity contribution is 0.0311. The van der Waals surface area contributed by atoms with E-state index in [2.05, 4.69) is 47.9 Å². The van der Waals surface area contributed by atoms with Gasteiger partial charge in [-0.05, 0) is 27.7 Å². The van der Waals surface area contributed by atoms with E-state index in [0.717, 1.165) is 0 Å². The third-order valence-electron chi connectivity index (χ3n) is 2.99. The lowest BCUT2D eigenvalue weighted by Gasteiger charge is -2.32. The Labute approximate surface area is 162 Å². The Kier molecular flexibility index (Phi) is 6.86. The van der Waals surface area contributed by atoms with Crippen LogP contribution in [0.2, 0.25) is 19.6 Å². The van der Waals surface area contributed by atoms with Gasteiger partial charge in [0.15, 0.2) is 5.82 Å². The molecule has 0 unspecified atom stereocenters. The van der Waals surface area contributed by atoms with Gasteiger partial charge in [0.05, 0.1) is 0 Å². The van der Waals surface area contributed by atoms with E-state index < -0.39 is 19.8 Å². The van der Waals surface area contributed by atoms with Gasteiger partial charge < -0.3 is 4.74 Å². The molecule has 0 aromatic heterocycles. The number of aliphatic imine (C=N–C) groups is 1. The molecule has 0 bridgehead atoms. The molecule has 142 valence electrons. The summed E-state index contributed by atoms with van der Waals surface area (Å²) < 4.78 is 5.40. The molecule has 8 heteroatoms. The van der Waals surface area contributed by atoms with Crippen LogP contribution in [-0.2, 0) is 4.74 Å². The average Bonchev–Trinajstić information content (AvgIpc) is 2.48. The van der Waals surface area contributed by atoms with Crippen LogP contribution in [0.4, 0.5) is 4.79 Å². The lowest BCUT2D eigenvalue weighted by atomic mass is 10.2. The fourth-order valence-corrected chi connectivity index (χ4v) is 2.58. The van der Waals surface area contributed by atoms with Crippen molar-refractivity contribution >= 4 is 37.7 Å². The van der Waals surface area contributed by atoms with Crippen LogP contribution in [0.25, 0.3) is 0 Å². The van der Waals surface area contributed by atoms with Gasteiger partial charge in [0.1, 0.15) is 24.7 Å². The van der Waals surface area contributed by atoms with Gasteiger partial charge in [-0.2, -0.15) is 10.1 Å². The quantitative estimate of drug-likeness (QED) is 0.397. The number of halogens is 1. The van der Waals surface area contributed by atoms with Gasteiger partial charge in [-0.3, -0.25) is 4.90 Å². The summed E-state index contributed by atoms with van der Waals surface area (Å²) in [5.74, 6) is 3.96. The predicted octanol–water partition coefficient (Wildman–Crippen LogP) is 4.38. The van der Waals surface area contributed by atoms with E-state index in [9.17, 15) is 4.79 Å². The molecule has 1 rings (SSSR count). The van der Waals surface area contributed by atoms with E-state index in [1.807, 2.05) is 6.92 Å². The topological polar surface area (TPSA) is 57.5 Å².